The second-order valence-electron chi connectivity index (χ2n) is 10.6. The van der Waals surface area contributed by atoms with Crippen molar-refractivity contribution in [3.8, 4) is 0 Å². The minimum Gasteiger partial charge on any atom is -0.480 e. The van der Waals surface area contributed by atoms with Gasteiger partial charge in [-0.1, -0.05) is 77.1 Å². The van der Waals surface area contributed by atoms with E-state index in [-0.39, 0.29) is 0 Å². The number of hydrogen-bond donors (Lipinski definition) is 2. The maximum atomic E-state index is 13.1. The molecule has 7 heteroatoms. The number of para-hydroxylation sites is 1. The van der Waals surface area contributed by atoms with Crippen LogP contribution in [0.1, 0.15) is 5.56 Å². The van der Waals surface area contributed by atoms with E-state index in [2.05, 4.69) is 80.3 Å². The molecule has 0 radical (unpaired) electrons. The summed E-state index contributed by atoms with van der Waals surface area (Å²) in [6.45, 7) is 20.5. The lowest BCUT2D eigenvalue weighted by Crippen LogP contribution is -2.79. The van der Waals surface area contributed by atoms with Crippen LogP contribution < -0.4 is 0 Å². The van der Waals surface area contributed by atoms with E-state index in [1.54, 1.807) is 0 Å². The second-order valence-corrected chi connectivity index (χ2v) is 26.0. The van der Waals surface area contributed by atoms with Crippen LogP contribution in [0.3, 0.4) is 0 Å². The predicted molar refractivity (Wildman–Crippen MR) is 124 cm³/mol. The molecule has 27 heavy (non-hydrogen) atoms. The van der Waals surface area contributed by atoms with E-state index in [1.807, 2.05) is 18.3 Å². The number of aliphatic carboxylic acids is 1. The zero-order chi connectivity index (χ0) is 20.8. The lowest BCUT2D eigenvalue weighted by molar-refractivity contribution is -0.143. The van der Waals surface area contributed by atoms with Crippen LogP contribution in [0.4, 0.5) is 0 Å². The smallest absolute Gasteiger partial charge is 0.319 e. The molecule has 2 N–H and O–H groups in total. The largest absolute Gasteiger partial charge is 0.480 e. The molecule has 0 saturated carbocycles. The fourth-order valence-corrected chi connectivity index (χ4v) is 21.6. The molecule has 0 aliphatic rings. The van der Waals surface area contributed by atoms with E-state index in [9.17, 15) is 9.90 Å². The van der Waals surface area contributed by atoms with Gasteiger partial charge in [0.15, 0.2) is 0 Å². The Morgan fingerprint density at radius 3 is 1.96 bits per heavy atom. The fourth-order valence-electron chi connectivity index (χ4n) is 4.88. The van der Waals surface area contributed by atoms with E-state index in [1.165, 1.54) is 0 Å². The van der Waals surface area contributed by atoms with Crippen LogP contribution in [0.15, 0.2) is 30.5 Å². The van der Waals surface area contributed by atoms with Gasteiger partial charge >= 0.3 is 5.97 Å². The Balaban J connectivity index is 2.79. The molecule has 0 bridgehead atoms. The lowest BCUT2D eigenvalue weighted by atomic mass is 10.0. The Morgan fingerprint density at radius 1 is 1.00 bits per heavy atom. The highest BCUT2D eigenvalue weighted by atomic mass is 28.4. The zero-order valence-corrected chi connectivity index (χ0v) is 21.4. The first-order valence-electron chi connectivity index (χ1n) is 9.71. The Hall–Kier alpha value is -1.16. The van der Waals surface area contributed by atoms with Gasteiger partial charge in [-0.25, -0.2) is 0 Å². The van der Waals surface area contributed by atoms with Gasteiger partial charge in [-0.15, -0.1) is 0 Å². The van der Waals surface area contributed by atoms with E-state index in [0.717, 1.165) is 16.5 Å². The highest BCUT2D eigenvalue weighted by Crippen LogP contribution is 2.40. The van der Waals surface area contributed by atoms with E-state index in [0.29, 0.717) is 6.42 Å². The Kier molecular flexibility index (Phi) is 5.76. The molecule has 4 nitrogen and oxygen atoms in total. The molecule has 0 fully saturated rings. The number of aromatic amines is 1. The molecule has 1 heterocycles. The van der Waals surface area contributed by atoms with Crippen molar-refractivity contribution < 1.29 is 9.90 Å². The summed E-state index contributed by atoms with van der Waals surface area (Å²) in [5, 5.41) is 11.1. The van der Waals surface area contributed by atoms with Gasteiger partial charge in [-0.2, -0.15) is 0 Å². The standard InChI is InChI=1S/C20H36N2O2Si3/c1-25(2,3)20(19(23)24,22(26(4,5)6)27(7,8)9)14-16-15-21-18-13-11-10-12-17(16)18/h10-13,15,21H,14H2,1-9H3,(H,23,24)/t20-/m1/s1. The van der Waals surface area contributed by atoms with Gasteiger partial charge in [0.05, 0.1) is 8.07 Å². The van der Waals surface area contributed by atoms with Crippen molar-refractivity contribution in [1.82, 2.24) is 9.22 Å². The first-order valence-corrected chi connectivity index (χ1v) is 20.1. The number of rotatable bonds is 7. The van der Waals surface area contributed by atoms with Crippen molar-refractivity contribution in [2.45, 2.75) is 70.5 Å². The maximum Gasteiger partial charge on any atom is 0.319 e. The number of aromatic nitrogens is 1. The van der Waals surface area contributed by atoms with Crippen LogP contribution in [0.2, 0.25) is 58.9 Å². The monoisotopic (exact) mass is 420 g/mol. The minimum absolute atomic E-state index is 0.566. The summed E-state index contributed by atoms with van der Waals surface area (Å²) < 4.78 is 2.54. The zero-order valence-electron chi connectivity index (χ0n) is 18.4. The summed E-state index contributed by atoms with van der Waals surface area (Å²) >= 11 is 0. The van der Waals surface area contributed by atoms with Gasteiger partial charge in [-0.3, -0.25) is 4.79 Å². The highest BCUT2D eigenvalue weighted by Gasteiger charge is 2.60. The number of benzene rings is 1. The number of carboxylic acids is 1. The molecule has 1 aromatic carbocycles. The summed E-state index contributed by atoms with van der Waals surface area (Å²) in [7, 11) is -5.93. The first kappa shape index (κ1) is 22.1. The third kappa shape index (κ3) is 4.01. The number of carbonyl (C=O) groups is 1. The predicted octanol–water partition coefficient (Wildman–Crippen LogP) is 5.38. The van der Waals surface area contributed by atoms with Crippen LogP contribution in [0.25, 0.3) is 10.9 Å². The molecule has 1 aromatic heterocycles. The Morgan fingerprint density at radius 2 is 1.52 bits per heavy atom. The van der Waals surface area contributed by atoms with E-state index < -0.39 is 35.7 Å². The average molecular weight is 421 g/mol. The molecule has 0 amide bonds. The van der Waals surface area contributed by atoms with Crippen LogP contribution in [-0.2, 0) is 11.2 Å². The molecule has 0 aliphatic heterocycles. The second kappa shape index (κ2) is 7.02. The molecule has 0 unspecified atom stereocenters. The maximum absolute atomic E-state index is 13.1. The summed E-state index contributed by atoms with van der Waals surface area (Å²) in [6.07, 6.45) is 2.59. The summed E-state index contributed by atoms with van der Waals surface area (Å²) in [6, 6.07) is 8.21. The van der Waals surface area contributed by atoms with Crippen LogP contribution >= 0.6 is 0 Å². The van der Waals surface area contributed by atoms with E-state index >= 15 is 0 Å². The fraction of sp³-hybridized carbons (Fsp3) is 0.550. The minimum atomic E-state index is -2.14. The molecule has 1 atom stereocenters. The molecule has 2 aromatic rings. The van der Waals surface area contributed by atoms with Crippen molar-refractivity contribution in [3.05, 3.63) is 36.0 Å². The molecule has 2 rings (SSSR count). The van der Waals surface area contributed by atoms with Crippen molar-refractivity contribution in [2.24, 2.45) is 0 Å². The van der Waals surface area contributed by atoms with Gasteiger partial charge in [0.1, 0.15) is 21.6 Å². The lowest BCUT2D eigenvalue weighted by Gasteiger charge is -2.58. The molecule has 0 saturated heterocycles. The molecule has 0 spiro atoms. The number of hydrogen-bond acceptors (Lipinski definition) is 2. The third-order valence-corrected chi connectivity index (χ3v) is 16.5. The number of H-pyrrole nitrogens is 1. The van der Waals surface area contributed by atoms with Crippen LogP contribution in [0.5, 0.6) is 0 Å². The molecule has 0 aliphatic carbocycles. The molecular formula is C20H36N2O2Si3. The Labute approximate surface area is 167 Å². The number of nitrogens with one attached hydrogen (secondary N) is 1. The van der Waals surface area contributed by atoms with Gasteiger partial charge in [0, 0.05) is 17.1 Å². The highest BCUT2D eigenvalue weighted by molar-refractivity contribution is 6.94. The number of nitrogens with zero attached hydrogens (tertiary/aromatic N) is 1. The average Bonchev–Trinajstić information content (AvgIpc) is 2.85. The van der Waals surface area contributed by atoms with Gasteiger partial charge < -0.3 is 14.3 Å². The first-order chi connectivity index (χ1) is 12.1. The van der Waals surface area contributed by atoms with Crippen molar-refractivity contribution >= 4 is 41.4 Å². The Bertz CT molecular complexity index is 814. The topological polar surface area (TPSA) is 56.3 Å². The third-order valence-electron chi connectivity index (χ3n) is 5.44. The van der Waals surface area contributed by atoms with Gasteiger partial charge in [0.2, 0.25) is 0 Å². The van der Waals surface area contributed by atoms with Gasteiger partial charge in [-0.05, 0) is 18.1 Å². The molecule has 150 valence electrons. The molecular weight excluding hydrogens is 384 g/mol. The quantitative estimate of drug-likeness (QED) is 0.591. The van der Waals surface area contributed by atoms with Crippen LogP contribution in [-0.4, -0.2) is 50.0 Å². The summed E-state index contributed by atoms with van der Waals surface area (Å²) in [4.78, 5) is 16.4. The summed E-state index contributed by atoms with van der Waals surface area (Å²) in [5.74, 6) is -0.642. The summed E-state index contributed by atoms with van der Waals surface area (Å²) in [5.41, 5.74) is 2.20. The number of carboxylic acid groups (broad SMARTS) is 1. The van der Waals surface area contributed by atoms with Crippen molar-refractivity contribution in [2.75, 3.05) is 0 Å². The normalized spacial score (nSPS) is 15.9. The number of fused-ring (bicyclic) bond motifs is 1. The van der Waals surface area contributed by atoms with Crippen molar-refractivity contribution in [3.63, 3.8) is 0 Å². The van der Waals surface area contributed by atoms with Crippen molar-refractivity contribution in [1.29, 1.82) is 0 Å². The van der Waals surface area contributed by atoms with Gasteiger partial charge in [0.25, 0.3) is 0 Å². The van der Waals surface area contributed by atoms with E-state index in [4.69, 9.17) is 0 Å². The van der Waals surface area contributed by atoms with Crippen LogP contribution in [0, 0.1) is 0 Å². The SMILES string of the molecule is C[Si](C)(C)N([C@@](Cc1c[nH]c2ccccc12)(C(=O)O)[Si](C)(C)C)[Si](C)(C)C.